The third-order valence-corrected chi connectivity index (χ3v) is 12.3. The van der Waals surface area contributed by atoms with Crippen LogP contribution in [0.5, 0.6) is 0 Å². The Bertz CT molecular complexity index is 3410. The quantitative estimate of drug-likeness (QED) is 0.179. The fourth-order valence-corrected chi connectivity index (χ4v) is 9.85. The van der Waals surface area contributed by atoms with Crippen molar-refractivity contribution in [3.63, 3.8) is 0 Å². The zero-order chi connectivity index (χ0) is 38.7. The van der Waals surface area contributed by atoms with Gasteiger partial charge in [-0.15, -0.1) is 0 Å². The monoisotopic (exact) mass is 753 g/mol. The Balaban J connectivity index is 1.08. The second-order valence-corrected chi connectivity index (χ2v) is 15.3. The number of hydrogen-bond donors (Lipinski definition) is 0. The fourth-order valence-electron chi connectivity index (χ4n) is 9.85. The average Bonchev–Trinajstić information content (AvgIpc) is 4.04. The summed E-state index contributed by atoms with van der Waals surface area (Å²) >= 11 is 0. The maximum atomic E-state index is 6.62. The zero-order valence-electron chi connectivity index (χ0n) is 31.5. The molecule has 0 atom stereocenters. The summed E-state index contributed by atoms with van der Waals surface area (Å²) in [5.41, 5.74) is 15.4. The lowest BCUT2D eigenvalue weighted by Gasteiger charge is -2.29. The molecule has 4 heterocycles. The SMILES string of the molecule is c1ccc(-c2nc(-c3ccccc3)nc(-c3cccc4oc5ccc(-c6cccc7c6C6(c8ccccc8-c8ccccc86)c6nc8ccccc8n6-7)cc5c34)n2)cc1. The van der Waals surface area contributed by atoms with Crippen molar-refractivity contribution >= 4 is 33.0 Å². The van der Waals surface area contributed by atoms with Gasteiger partial charge in [0.05, 0.1) is 16.7 Å². The number of fused-ring (bicyclic) bond motifs is 15. The summed E-state index contributed by atoms with van der Waals surface area (Å²) in [7, 11) is 0. The van der Waals surface area contributed by atoms with Crippen LogP contribution in [0.15, 0.2) is 192 Å². The normalized spacial score (nSPS) is 13.2. The van der Waals surface area contributed by atoms with Crippen LogP contribution in [0.4, 0.5) is 0 Å². The summed E-state index contributed by atoms with van der Waals surface area (Å²) in [4.78, 5) is 20.7. The summed E-state index contributed by atoms with van der Waals surface area (Å²) in [6, 6.07) is 65.9. The molecule has 6 nitrogen and oxygen atoms in total. The molecule has 0 radical (unpaired) electrons. The highest BCUT2D eigenvalue weighted by atomic mass is 16.3. The lowest BCUT2D eigenvalue weighted by Crippen LogP contribution is -2.27. The van der Waals surface area contributed by atoms with Gasteiger partial charge in [0.1, 0.15) is 22.4 Å². The molecule has 1 aliphatic carbocycles. The molecule has 8 aromatic carbocycles. The van der Waals surface area contributed by atoms with E-state index >= 15 is 0 Å². The Labute approximate surface area is 338 Å². The van der Waals surface area contributed by atoms with Crippen LogP contribution in [-0.2, 0) is 5.41 Å². The lowest BCUT2D eigenvalue weighted by atomic mass is 9.70. The predicted octanol–water partition coefficient (Wildman–Crippen LogP) is 12.5. The molecule has 1 spiro atoms. The third-order valence-electron chi connectivity index (χ3n) is 12.3. The summed E-state index contributed by atoms with van der Waals surface area (Å²) in [5.74, 6) is 2.85. The molecule has 6 heteroatoms. The van der Waals surface area contributed by atoms with Crippen molar-refractivity contribution in [3.8, 4) is 62.1 Å². The van der Waals surface area contributed by atoms with E-state index in [0.29, 0.717) is 17.5 Å². The molecule has 1 aliphatic heterocycles. The van der Waals surface area contributed by atoms with Crippen LogP contribution < -0.4 is 0 Å². The topological polar surface area (TPSA) is 69.6 Å². The molecule has 13 rings (SSSR count). The highest BCUT2D eigenvalue weighted by Gasteiger charge is 2.55. The van der Waals surface area contributed by atoms with Crippen LogP contribution in [0, 0.1) is 0 Å². The molecule has 3 aromatic heterocycles. The Morgan fingerprint density at radius 3 is 1.75 bits per heavy atom. The van der Waals surface area contributed by atoms with E-state index < -0.39 is 5.41 Å². The first-order valence-electron chi connectivity index (χ1n) is 19.9. The van der Waals surface area contributed by atoms with Gasteiger partial charge in [-0.1, -0.05) is 152 Å². The second kappa shape index (κ2) is 12.0. The fraction of sp³-hybridized carbons (Fsp3) is 0.0189. The smallest absolute Gasteiger partial charge is 0.164 e. The largest absolute Gasteiger partial charge is 0.456 e. The van der Waals surface area contributed by atoms with Crippen LogP contribution in [-0.4, -0.2) is 24.5 Å². The Hall–Kier alpha value is -7.96. The molecule has 0 bridgehead atoms. The second-order valence-electron chi connectivity index (χ2n) is 15.3. The predicted molar refractivity (Wildman–Crippen MR) is 234 cm³/mol. The minimum absolute atomic E-state index is 0.590. The number of hydrogen-bond acceptors (Lipinski definition) is 5. The van der Waals surface area contributed by atoms with Crippen molar-refractivity contribution in [2.75, 3.05) is 0 Å². The summed E-state index contributed by atoms with van der Waals surface area (Å²) in [5, 5.41) is 1.96. The highest BCUT2D eigenvalue weighted by molar-refractivity contribution is 6.13. The first-order chi connectivity index (χ1) is 29.3. The number of imidazole rings is 1. The van der Waals surface area contributed by atoms with Gasteiger partial charge in [-0.3, -0.25) is 4.57 Å². The summed E-state index contributed by atoms with van der Waals surface area (Å²) < 4.78 is 9.01. The molecule has 0 saturated heterocycles. The van der Waals surface area contributed by atoms with E-state index in [9.17, 15) is 0 Å². The van der Waals surface area contributed by atoms with Crippen LogP contribution >= 0.6 is 0 Å². The van der Waals surface area contributed by atoms with Crippen molar-refractivity contribution in [1.29, 1.82) is 0 Å². The molecule has 2 aliphatic rings. The van der Waals surface area contributed by atoms with Crippen LogP contribution in [0.1, 0.15) is 22.5 Å². The van der Waals surface area contributed by atoms with Crippen LogP contribution in [0.25, 0.3) is 95.1 Å². The van der Waals surface area contributed by atoms with Crippen molar-refractivity contribution in [1.82, 2.24) is 24.5 Å². The number of furan rings is 1. The first-order valence-corrected chi connectivity index (χ1v) is 19.9. The number of benzene rings is 8. The molecule has 0 unspecified atom stereocenters. The lowest BCUT2D eigenvalue weighted by molar-refractivity contribution is 0.669. The van der Waals surface area contributed by atoms with Gasteiger partial charge in [0.2, 0.25) is 0 Å². The van der Waals surface area contributed by atoms with Gasteiger partial charge in [-0.2, -0.15) is 0 Å². The maximum absolute atomic E-state index is 6.62. The standard InChI is InChI=1S/C53H31N5O/c1-3-15-32(16-4-1)49-55-50(33-17-5-2-6-18-33)57-51(56-49)38-22-14-28-46-47(38)39-31-34(29-30-45(39)59-46)35-21-13-27-44-48(35)53(52-54-42-25-11-12-26-43(42)58(44)52)40-23-9-7-19-36(40)37-20-8-10-24-41(37)53/h1-31H. The maximum Gasteiger partial charge on any atom is 0.164 e. The molecule has 59 heavy (non-hydrogen) atoms. The van der Waals surface area contributed by atoms with Gasteiger partial charge in [0, 0.05) is 33.0 Å². The van der Waals surface area contributed by atoms with Crippen molar-refractivity contribution in [2.45, 2.75) is 5.41 Å². The van der Waals surface area contributed by atoms with Crippen molar-refractivity contribution in [3.05, 3.63) is 211 Å². The van der Waals surface area contributed by atoms with Gasteiger partial charge in [0.25, 0.3) is 0 Å². The minimum atomic E-state index is -0.636. The van der Waals surface area contributed by atoms with Gasteiger partial charge >= 0.3 is 0 Å². The van der Waals surface area contributed by atoms with Gasteiger partial charge in [-0.05, 0) is 69.8 Å². The molecule has 0 saturated carbocycles. The Kier molecular flexibility index (Phi) is 6.55. The van der Waals surface area contributed by atoms with E-state index in [1.807, 2.05) is 72.8 Å². The molecule has 0 N–H and O–H groups in total. The number of para-hydroxylation sites is 2. The van der Waals surface area contributed by atoms with E-state index in [1.54, 1.807) is 0 Å². The third kappa shape index (κ3) is 4.40. The molecule has 11 aromatic rings. The molecule has 0 fully saturated rings. The first kappa shape index (κ1) is 32.2. The van der Waals surface area contributed by atoms with Gasteiger partial charge in [-0.25, -0.2) is 19.9 Å². The molecular formula is C53H31N5O. The number of nitrogens with zero attached hydrogens (tertiary/aromatic N) is 5. The van der Waals surface area contributed by atoms with E-state index in [2.05, 4.69) is 120 Å². The molecule has 0 amide bonds. The van der Waals surface area contributed by atoms with Crippen molar-refractivity contribution in [2.24, 2.45) is 0 Å². The number of aromatic nitrogens is 5. The van der Waals surface area contributed by atoms with E-state index in [0.717, 1.165) is 72.3 Å². The Morgan fingerprint density at radius 2 is 1.02 bits per heavy atom. The minimum Gasteiger partial charge on any atom is -0.456 e. The number of rotatable bonds is 4. The van der Waals surface area contributed by atoms with Gasteiger partial charge in [0.15, 0.2) is 17.5 Å². The Morgan fingerprint density at radius 1 is 0.424 bits per heavy atom. The van der Waals surface area contributed by atoms with Crippen molar-refractivity contribution < 1.29 is 4.42 Å². The van der Waals surface area contributed by atoms with E-state index in [-0.39, 0.29) is 0 Å². The highest BCUT2D eigenvalue weighted by Crippen LogP contribution is 2.62. The van der Waals surface area contributed by atoms with Gasteiger partial charge < -0.3 is 4.42 Å². The molecular weight excluding hydrogens is 723 g/mol. The summed E-state index contributed by atoms with van der Waals surface area (Å²) in [6.45, 7) is 0. The zero-order valence-corrected chi connectivity index (χ0v) is 31.5. The van der Waals surface area contributed by atoms with Crippen LogP contribution in [0.3, 0.4) is 0 Å². The van der Waals surface area contributed by atoms with E-state index in [1.165, 1.54) is 27.8 Å². The van der Waals surface area contributed by atoms with E-state index in [4.69, 9.17) is 24.4 Å². The average molecular weight is 754 g/mol. The van der Waals surface area contributed by atoms with Crippen LogP contribution in [0.2, 0.25) is 0 Å². The molecule has 274 valence electrons. The summed E-state index contributed by atoms with van der Waals surface area (Å²) in [6.07, 6.45) is 0.